The number of hydrogen-bond donors (Lipinski definition) is 2. The summed E-state index contributed by atoms with van der Waals surface area (Å²) in [6.07, 6.45) is 6.79. The van der Waals surface area contributed by atoms with Crippen molar-refractivity contribution in [1.29, 1.82) is 0 Å². The Morgan fingerprint density at radius 1 is 1.30 bits per heavy atom. The summed E-state index contributed by atoms with van der Waals surface area (Å²) in [7, 11) is 0. The van der Waals surface area contributed by atoms with Crippen LogP contribution in [0.1, 0.15) is 16.2 Å². The Bertz CT molecular complexity index is 1040. The van der Waals surface area contributed by atoms with Gasteiger partial charge in [-0.25, -0.2) is 9.50 Å². The van der Waals surface area contributed by atoms with Crippen LogP contribution < -0.4 is 10.9 Å². The molecule has 0 fully saturated rings. The van der Waals surface area contributed by atoms with Crippen molar-refractivity contribution in [1.82, 2.24) is 29.3 Å². The van der Waals surface area contributed by atoms with Crippen LogP contribution in [0.25, 0.3) is 11.2 Å². The van der Waals surface area contributed by atoms with Gasteiger partial charge in [0.2, 0.25) is 0 Å². The molecule has 2 N–H and O–H groups in total. The van der Waals surface area contributed by atoms with Crippen molar-refractivity contribution in [3.8, 4) is 0 Å². The largest absolute Gasteiger partial charge is 0.345 e. The van der Waals surface area contributed by atoms with E-state index in [0.29, 0.717) is 5.52 Å². The third-order valence-electron chi connectivity index (χ3n) is 3.48. The maximum atomic E-state index is 12.2. The first-order chi connectivity index (χ1) is 11.2. The van der Waals surface area contributed by atoms with Crippen molar-refractivity contribution >= 4 is 17.1 Å². The summed E-state index contributed by atoms with van der Waals surface area (Å²) >= 11 is 0. The van der Waals surface area contributed by atoms with Crippen molar-refractivity contribution in [2.24, 2.45) is 0 Å². The maximum Gasteiger partial charge on any atom is 0.273 e. The second-order valence-corrected chi connectivity index (χ2v) is 5.03. The van der Waals surface area contributed by atoms with Crippen LogP contribution >= 0.6 is 0 Å². The highest BCUT2D eigenvalue weighted by atomic mass is 16.2. The molecule has 0 saturated heterocycles. The summed E-state index contributed by atoms with van der Waals surface area (Å²) in [5, 5.41) is 6.84. The van der Waals surface area contributed by atoms with Gasteiger partial charge in [0.25, 0.3) is 11.5 Å². The topological polar surface area (TPSA) is 96.6 Å². The second-order valence-electron chi connectivity index (χ2n) is 5.03. The summed E-state index contributed by atoms with van der Waals surface area (Å²) in [4.78, 5) is 30.8. The first-order valence-electron chi connectivity index (χ1n) is 6.98. The molecule has 8 nitrogen and oxygen atoms in total. The predicted octanol–water partition coefficient (Wildman–Crippen LogP) is 0.600. The number of H-pyrrole nitrogens is 1. The van der Waals surface area contributed by atoms with Crippen LogP contribution in [0.15, 0.2) is 53.8 Å². The number of fused-ring (bicyclic) bond motifs is 2. The van der Waals surface area contributed by atoms with Crippen LogP contribution in [0.2, 0.25) is 0 Å². The van der Waals surface area contributed by atoms with Crippen molar-refractivity contribution in [2.75, 3.05) is 0 Å². The summed E-state index contributed by atoms with van der Waals surface area (Å²) in [5.74, 6) is -0.356. The Hall–Kier alpha value is -3.42. The number of carbonyl (C=O) groups excluding carboxylic acids is 1. The molecule has 114 valence electrons. The zero-order valence-corrected chi connectivity index (χ0v) is 11.9. The van der Waals surface area contributed by atoms with Gasteiger partial charge in [-0.3, -0.25) is 9.59 Å². The molecule has 4 aromatic rings. The fraction of sp³-hybridized carbons (Fsp3) is 0.0667. The number of pyridine rings is 1. The Balaban J connectivity index is 1.54. The van der Waals surface area contributed by atoms with Crippen LogP contribution in [0.5, 0.6) is 0 Å². The zero-order valence-electron chi connectivity index (χ0n) is 11.9. The Labute approximate surface area is 129 Å². The van der Waals surface area contributed by atoms with Gasteiger partial charge in [-0.05, 0) is 12.1 Å². The van der Waals surface area contributed by atoms with Gasteiger partial charge in [0, 0.05) is 30.9 Å². The molecule has 0 atom stereocenters. The summed E-state index contributed by atoms with van der Waals surface area (Å²) in [5.41, 5.74) is 1.78. The highest BCUT2D eigenvalue weighted by Crippen LogP contribution is 2.05. The van der Waals surface area contributed by atoms with Gasteiger partial charge in [0.1, 0.15) is 11.2 Å². The SMILES string of the molecule is O=C(NCc1cn2ccccc2n1)c1cc2c(=O)[nH]ccn2n1. The normalized spacial score (nSPS) is 11.1. The lowest BCUT2D eigenvalue weighted by atomic mass is 10.3. The number of rotatable bonds is 3. The molecule has 0 radical (unpaired) electrons. The van der Waals surface area contributed by atoms with Gasteiger partial charge >= 0.3 is 0 Å². The number of imidazole rings is 1. The molecule has 0 aliphatic rings. The van der Waals surface area contributed by atoms with Crippen LogP contribution in [0.3, 0.4) is 0 Å². The lowest BCUT2D eigenvalue weighted by molar-refractivity contribution is 0.0945. The maximum absolute atomic E-state index is 12.2. The molecule has 0 spiro atoms. The fourth-order valence-electron chi connectivity index (χ4n) is 2.38. The molecule has 1 amide bonds. The summed E-state index contributed by atoms with van der Waals surface area (Å²) < 4.78 is 3.25. The Morgan fingerprint density at radius 3 is 3.04 bits per heavy atom. The van der Waals surface area contributed by atoms with Crippen molar-refractivity contribution < 1.29 is 4.79 Å². The smallest absolute Gasteiger partial charge is 0.273 e. The molecule has 8 heteroatoms. The minimum absolute atomic E-state index is 0.186. The van der Waals surface area contributed by atoms with Gasteiger partial charge in [0.15, 0.2) is 5.69 Å². The molecule has 0 bridgehead atoms. The van der Waals surface area contributed by atoms with E-state index in [0.717, 1.165) is 11.3 Å². The molecule has 0 saturated carbocycles. The zero-order chi connectivity index (χ0) is 15.8. The van der Waals surface area contributed by atoms with Crippen LogP contribution in [-0.4, -0.2) is 29.9 Å². The molecule has 0 aliphatic carbocycles. The van der Waals surface area contributed by atoms with E-state index in [9.17, 15) is 9.59 Å². The molecular weight excluding hydrogens is 296 g/mol. The second kappa shape index (κ2) is 5.09. The predicted molar refractivity (Wildman–Crippen MR) is 82.2 cm³/mol. The lowest BCUT2D eigenvalue weighted by Crippen LogP contribution is -2.23. The molecule has 4 heterocycles. The number of aromatic nitrogens is 5. The van der Waals surface area contributed by atoms with E-state index in [4.69, 9.17) is 0 Å². The molecule has 0 aliphatic heterocycles. The van der Waals surface area contributed by atoms with Crippen LogP contribution in [0.4, 0.5) is 0 Å². The van der Waals surface area contributed by atoms with E-state index >= 15 is 0 Å². The van der Waals surface area contributed by atoms with E-state index in [1.54, 1.807) is 6.20 Å². The number of nitrogens with zero attached hydrogens (tertiary/aromatic N) is 4. The highest BCUT2D eigenvalue weighted by molar-refractivity contribution is 5.93. The summed E-state index contributed by atoms with van der Waals surface area (Å²) in [6.45, 7) is 0.282. The van der Waals surface area contributed by atoms with E-state index in [1.807, 2.05) is 35.0 Å². The van der Waals surface area contributed by atoms with Crippen molar-refractivity contribution in [2.45, 2.75) is 6.54 Å². The number of hydrogen-bond acceptors (Lipinski definition) is 4. The number of nitrogens with one attached hydrogen (secondary N) is 2. The third kappa shape index (κ3) is 2.35. The van der Waals surface area contributed by atoms with E-state index < -0.39 is 0 Å². The Morgan fingerprint density at radius 2 is 2.22 bits per heavy atom. The molecule has 23 heavy (non-hydrogen) atoms. The number of aromatic amines is 1. The first kappa shape index (κ1) is 13.3. The summed E-state index contributed by atoms with van der Waals surface area (Å²) in [6, 6.07) is 7.15. The van der Waals surface area contributed by atoms with Crippen molar-refractivity contribution in [3.63, 3.8) is 0 Å². The van der Waals surface area contributed by atoms with E-state index in [2.05, 4.69) is 20.4 Å². The van der Waals surface area contributed by atoms with Crippen molar-refractivity contribution in [3.05, 3.63) is 70.8 Å². The van der Waals surface area contributed by atoms with Gasteiger partial charge in [-0.1, -0.05) is 6.07 Å². The lowest BCUT2D eigenvalue weighted by Gasteiger charge is -1.99. The minimum Gasteiger partial charge on any atom is -0.345 e. The minimum atomic E-state index is -0.356. The monoisotopic (exact) mass is 308 g/mol. The van der Waals surface area contributed by atoms with E-state index in [1.165, 1.54) is 16.8 Å². The Kier molecular flexibility index (Phi) is 2.94. The fourth-order valence-corrected chi connectivity index (χ4v) is 2.38. The number of carbonyl (C=O) groups is 1. The first-order valence-corrected chi connectivity index (χ1v) is 6.98. The van der Waals surface area contributed by atoms with Gasteiger partial charge in [-0.2, -0.15) is 5.10 Å². The average molecular weight is 308 g/mol. The molecule has 4 rings (SSSR count). The highest BCUT2D eigenvalue weighted by Gasteiger charge is 2.12. The van der Waals surface area contributed by atoms with Gasteiger partial charge in [-0.15, -0.1) is 0 Å². The quantitative estimate of drug-likeness (QED) is 0.579. The van der Waals surface area contributed by atoms with Gasteiger partial charge < -0.3 is 14.7 Å². The molecule has 0 aromatic carbocycles. The van der Waals surface area contributed by atoms with Crippen LogP contribution in [0, 0.1) is 0 Å². The number of amides is 1. The standard InChI is InChI=1S/C15H12N6O2/c22-14(11-7-12-15(23)16-4-6-21(12)19-11)17-8-10-9-20-5-2-1-3-13(20)18-10/h1-7,9H,8H2,(H,16,23)(H,17,22). The average Bonchev–Trinajstić information content (AvgIpc) is 3.17. The molecule has 4 aromatic heterocycles. The molecular formula is C15H12N6O2. The van der Waals surface area contributed by atoms with Gasteiger partial charge in [0.05, 0.1) is 12.2 Å². The molecule has 0 unspecified atom stereocenters. The van der Waals surface area contributed by atoms with E-state index in [-0.39, 0.29) is 23.7 Å². The van der Waals surface area contributed by atoms with Crippen LogP contribution in [-0.2, 0) is 6.54 Å². The third-order valence-corrected chi connectivity index (χ3v) is 3.48.